The lowest BCUT2D eigenvalue weighted by atomic mass is 10.2. The Morgan fingerprint density at radius 2 is 2.00 bits per heavy atom. The molecular formula is C18H20N6. The molecule has 1 aromatic carbocycles. The standard InChI is InChI=1S/C18H20N6/c1-4-9-20-18(13(2)3)24-17-10-16(21-12-22-17)23-15-8-6-5-7-14(15)11-19/h5-10,12H,4H2,1-3H3,(H2,21,22,23,24)/b20-9-. The number of aliphatic imine (C=N–C) groups is 1. The van der Waals surface area contributed by atoms with Gasteiger partial charge in [-0.2, -0.15) is 5.26 Å². The normalized spacial score (nSPS) is 10.2. The van der Waals surface area contributed by atoms with Gasteiger partial charge in [-0.25, -0.2) is 15.0 Å². The Kier molecular flexibility index (Phi) is 6.03. The average molecular weight is 320 g/mol. The molecule has 0 amide bonds. The lowest BCUT2D eigenvalue weighted by molar-refractivity contribution is 1.12. The summed E-state index contributed by atoms with van der Waals surface area (Å²) in [5.41, 5.74) is 2.32. The minimum atomic E-state index is 0.558. The molecule has 0 fully saturated rings. The molecule has 0 aliphatic carbocycles. The van der Waals surface area contributed by atoms with Gasteiger partial charge < -0.3 is 10.6 Å². The molecule has 0 radical (unpaired) electrons. The van der Waals surface area contributed by atoms with Crippen LogP contribution in [0.25, 0.3) is 0 Å². The fourth-order valence-electron chi connectivity index (χ4n) is 1.91. The lowest BCUT2D eigenvalue weighted by Crippen LogP contribution is -2.04. The first-order valence-corrected chi connectivity index (χ1v) is 7.69. The highest BCUT2D eigenvalue weighted by molar-refractivity contribution is 5.66. The second kappa shape index (κ2) is 8.44. The Bertz CT molecular complexity index is 797. The van der Waals surface area contributed by atoms with E-state index in [4.69, 9.17) is 5.26 Å². The summed E-state index contributed by atoms with van der Waals surface area (Å²) in [5, 5.41) is 15.5. The monoisotopic (exact) mass is 320 g/mol. The van der Waals surface area contributed by atoms with E-state index < -0.39 is 0 Å². The summed E-state index contributed by atoms with van der Waals surface area (Å²) in [5.74, 6) is 1.99. The van der Waals surface area contributed by atoms with Gasteiger partial charge in [0.05, 0.1) is 11.3 Å². The third kappa shape index (κ3) is 4.65. The van der Waals surface area contributed by atoms with Crippen molar-refractivity contribution in [3.63, 3.8) is 0 Å². The number of nitrogens with one attached hydrogen (secondary N) is 2. The van der Waals surface area contributed by atoms with Crippen molar-refractivity contribution in [2.24, 2.45) is 4.99 Å². The van der Waals surface area contributed by atoms with Crippen molar-refractivity contribution in [1.29, 1.82) is 5.26 Å². The molecule has 6 heteroatoms. The maximum atomic E-state index is 9.16. The van der Waals surface area contributed by atoms with Crippen molar-refractivity contribution in [3.05, 3.63) is 53.6 Å². The number of aromatic nitrogens is 2. The zero-order chi connectivity index (χ0) is 17.4. The summed E-state index contributed by atoms with van der Waals surface area (Å²) >= 11 is 0. The quantitative estimate of drug-likeness (QED) is 0.778. The molecule has 0 bridgehead atoms. The Hall–Kier alpha value is -3.20. The molecule has 0 aliphatic heterocycles. The van der Waals surface area contributed by atoms with Gasteiger partial charge in [-0.15, -0.1) is 0 Å². The van der Waals surface area contributed by atoms with Crippen LogP contribution in [0.4, 0.5) is 17.3 Å². The first-order valence-electron chi connectivity index (χ1n) is 7.69. The molecule has 2 aromatic rings. The van der Waals surface area contributed by atoms with Gasteiger partial charge >= 0.3 is 0 Å². The van der Waals surface area contributed by atoms with Crippen molar-refractivity contribution in [1.82, 2.24) is 9.97 Å². The van der Waals surface area contributed by atoms with Crippen LogP contribution in [0.15, 0.2) is 53.0 Å². The molecule has 1 aromatic heterocycles. The molecule has 0 atom stereocenters. The van der Waals surface area contributed by atoms with Gasteiger partial charge in [0.1, 0.15) is 29.9 Å². The molecule has 2 N–H and O–H groups in total. The van der Waals surface area contributed by atoms with Crippen molar-refractivity contribution < 1.29 is 0 Å². The summed E-state index contributed by atoms with van der Waals surface area (Å²) in [7, 11) is 0. The van der Waals surface area contributed by atoms with Crippen molar-refractivity contribution in [2.75, 3.05) is 10.6 Å². The Balaban J connectivity index is 2.22. The number of hydrogen-bond donors (Lipinski definition) is 2. The van der Waals surface area contributed by atoms with Gasteiger partial charge in [-0.05, 0) is 38.0 Å². The van der Waals surface area contributed by atoms with Crippen LogP contribution in [0.3, 0.4) is 0 Å². The van der Waals surface area contributed by atoms with Crippen LogP contribution in [0.2, 0.25) is 0 Å². The zero-order valence-electron chi connectivity index (χ0n) is 14.0. The first-order chi connectivity index (χ1) is 11.6. The van der Waals surface area contributed by atoms with Gasteiger partial charge in [0, 0.05) is 12.3 Å². The summed E-state index contributed by atoms with van der Waals surface area (Å²) in [4.78, 5) is 12.8. The van der Waals surface area contributed by atoms with E-state index >= 15 is 0 Å². The number of anilines is 3. The van der Waals surface area contributed by atoms with Gasteiger partial charge in [0.2, 0.25) is 0 Å². The molecule has 0 spiro atoms. The van der Waals surface area contributed by atoms with Crippen molar-refractivity contribution in [3.8, 4) is 6.07 Å². The highest BCUT2D eigenvalue weighted by Gasteiger charge is 2.05. The molecule has 122 valence electrons. The SMILES string of the molecule is CC/C=N\C(Nc1cc(Nc2ccccc2C#N)ncn1)=C(C)C. The van der Waals surface area contributed by atoms with Gasteiger partial charge in [0.25, 0.3) is 0 Å². The third-order valence-corrected chi connectivity index (χ3v) is 3.10. The van der Waals surface area contributed by atoms with Crippen LogP contribution in [0, 0.1) is 11.3 Å². The average Bonchev–Trinajstić information content (AvgIpc) is 2.59. The maximum Gasteiger partial charge on any atom is 0.137 e. The highest BCUT2D eigenvalue weighted by Crippen LogP contribution is 2.20. The van der Waals surface area contributed by atoms with Gasteiger partial charge in [-0.3, -0.25) is 0 Å². The smallest absolute Gasteiger partial charge is 0.137 e. The summed E-state index contributed by atoms with van der Waals surface area (Å²) in [6.45, 7) is 6.00. The van der Waals surface area contributed by atoms with Crippen molar-refractivity contribution >= 4 is 23.5 Å². The number of benzene rings is 1. The Morgan fingerprint density at radius 1 is 1.25 bits per heavy atom. The molecule has 6 nitrogen and oxygen atoms in total. The predicted octanol–water partition coefficient (Wildman–Crippen LogP) is 4.24. The number of hydrogen-bond acceptors (Lipinski definition) is 6. The minimum absolute atomic E-state index is 0.558. The molecule has 0 unspecified atom stereocenters. The molecule has 0 saturated carbocycles. The van der Waals surface area contributed by atoms with Crippen LogP contribution in [-0.2, 0) is 0 Å². The van der Waals surface area contributed by atoms with Gasteiger partial charge in [-0.1, -0.05) is 19.1 Å². The van der Waals surface area contributed by atoms with E-state index in [2.05, 4.69) is 31.7 Å². The predicted molar refractivity (Wildman–Crippen MR) is 97.3 cm³/mol. The molecular weight excluding hydrogens is 300 g/mol. The van der Waals surface area contributed by atoms with E-state index in [1.165, 1.54) is 6.33 Å². The van der Waals surface area contributed by atoms with Crippen LogP contribution >= 0.6 is 0 Å². The zero-order valence-corrected chi connectivity index (χ0v) is 14.0. The minimum Gasteiger partial charge on any atom is -0.339 e. The van der Waals surface area contributed by atoms with Crippen LogP contribution in [-0.4, -0.2) is 16.2 Å². The summed E-state index contributed by atoms with van der Waals surface area (Å²) in [6, 6.07) is 11.2. The van der Waals surface area contributed by atoms with E-state index in [-0.39, 0.29) is 0 Å². The molecule has 2 rings (SSSR count). The van der Waals surface area contributed by atoms with E-state index in [1.54, 1.807) is 12.1 Å². The summed E-state index contributed by atoms with van der Waals surface area (Å²) < 4.78 is 0. The molecule has 1 heterocycles. The lowest BCUT2D eigenvalue weighted by Gasteiger charge is -2.10. The second-order valence-corrected chi connectivity index (χ2v) is 5.26. The first kappa shape index (κ1) is 17.2. The van der Waals surface area contributed by atoms with Crippen molar-refractivity contribution in [2.45, 2.75) is 27.2 Å². The maximum absolute atomic E-state index is 9.16. The second-order valence-electron chi connectivity index (χ2n) is 5.26. The fourth-order valence-corrected chi connectivity index (χ4v) is 1.91. The largest absolute Gasteiger partial charge is 0.339 e. The Morgan fingerprint density at radius 3 is 2.71 bits per heavy atom. The van der Waals surface area contributed by atoms with E-state index in [9.17, 15) is 0 Å². The number of nitrogens with zero attached hydrogens (tertiary/aromatic N) is 4. The molecule has 0 aliphatic rings. The number of para-hydroxylation sites is 1. The number of allylic oxidation sites excluding steroid dienone is 1. The van der Waals surface area contributed by atoms with E-state index in [0.717, 1.165) is 17.8 Å². The highest BCUT2D eigenvalue weighted by atomic mass is 15.1. The Labute approximate surface area is 142 Å². The molecule has 24 heavy (non-hydrogen) atoms. The van der Waals surface area contributed by atoms with E-state index in [1.807, 2.05) is 45.2 Å². The fraction of sp³-hybridized carbons (Fsp3) is 0.222. The van der Waals surface area contributed by atoms with Crippen LogP contribution in [0.5, 0.6) is 0 Å². The van der Waals surface area contributed by atoms with E-state index in [0.29, 0.717) is 22.9 Å². The third-order valence-electron chi connectivity index (χ3n) is 3.10. The van der Waals surface area contributed by atoms with Crippen LogP contribution < -0.4 is 10.6 Å². The number of rotatable bonds is 6. The topological polar surface area (TPSA) is 86.0 Å². The van der Waals surface area contributed by atoms with Gasteiger partial charge in [0.15, 0.2) is 0 Å². The summed E-state index contributed by atoms with van der Waals surface area (Å²) in [6.07, 6.45) is 4.17. The molecule has 0 saturated heterocycles. The van der Waals surface area contributed by atoms with Crippen LogP contribution in [0.1, 0.15) is 32.8 Å². The number of nitriles is 1.